The van der Waals surface area contributed by atoms with Crippen LogP contribution in [0.2, 0.25) is 0 Å². The third-order valence-corrected chi connectivity index (χ3v) is 1.60. The van der Waals surface area contributed by atoms with Crippen LogP contribution in [0.15, 0.2) is 18.3 Å². The molecule has 0 radical (unpaired) electrons. The summed E-state index contributed by atoms with van der Waals surface area (Å²) in [6, 6.07) is 1.71. The summed E-state index contributed by atoms with van der Waals surface area (Å²) in [6.07, 6.45) is 4.83. The van der Waals surface area contributed by atoms with E-state index in [1.807, 2.05) is 13.8 Å². The number of aromatic amines is 1. The van der Waals surface area contributed by atoms with Gasteiger partial charge in [0.1, 0.15) is 0 Å². The Hall–Kier alpha value is -1.64. The van der Waals surface area contributed by atoms with Crippen LogP contribution in [0.4, 0.5) is 0 Å². The fraction of sp³-hybridized carbons (Fsp3) is 0.333. The highest BCUT2D eigenvalue weighted by Crippen LogP contribution is 2.05. The number of carbonyl (C=O) groups is 2. The van der Waals surface area contributed by atoms with Crippen molar-refractivity contribution in [2.45, 2.75) is 27.7 Å². The van der Waals surface area contributed by atoms with Gasteiger partial charge in [0.15, 0.2) is 11.6 Å². The third-order valence-electron chi connectivity index (χ3n) is 1.60. The molecule has 82 valence electrons. The van der Waals surface area contributed by atoms with Crippen molar-refractivity contribution in [2.75, 3.05) is 0 Å². The maximum atomic E-state index is 10.9. The molecule has 0 aliphatic carbocycles. The normalized spacial score (nSPS) is 9.60. The monoisotopic (exact) mass is 207 g/mol. The van der Waals surface area contributed by atoms with E-state index < -0.39 is 0 Å². The summed E-state index contributed by atoms with van der Waals surface area (Å²) in [7, 11) is 0. The van der Waals surface area contributed by atoms with Gasteiger partial charge in [-0.3, -0.25) is 9.59 Å². The van der Waals surface area contributed by atoms with Gasteiger partial charge in [0, 0.05) is 13.1 Å². The summed E-state index contributed by atoms with van der Waals surface area (Å²) >= 11 is 0. The number of H-pyrrole nitrogens is 1. The summed E-state index contributed by atoms with van der Waals surface area (Å²) in [6.45, 7) is 6.97. The molecule has 0 aliphatic rings. The Morgan fingerprint density at radius 3 is 2.27 bits per heavy atom. The molecule has 1 aromatic rings. The van der Waals surface area contributed by atoms with Gasteiger partial charge in [0.05, 0.1) is 5.69 Å². The molecule has 0 spiro atoms. The van der Waals surface area contributed by atoms with E-state index in [0.717, 1.165) is 5.56 Å². The van der Waals surface area contributed by atoms with Crippen molar-refractivity contribution in [3.8, 4) is 0 Å². The van der Waals surface area contributed by atoms with Crippen molar-refractivity contribution in [3.05, 3.63) is 29.6 Å². The zero-order valence-corrected chi connectivity index (χ0v) is 9.63. The SMILES string of the molecule is CC.CC(=O)/C=C/c1c[nH]c(C(C)=O)c1. The zero-order valence-electron chi connectivity index (χ0n) is 9.63. The van der Waals surface area contributed by atoms with Gasteiger partial charge in [0.25, 0.3) is 0 Å². The maximum Gasteiger partial charge on any atom is 0.175 e. The van der Waals surface area contributed by atoms with Crippen LogP contribution < -0.4 is 0 Å². The molecule has 0 amide bonds. The first-order valence-corrected chi connectivity index (χ1v) is 4.97. The highest BCUT2D eigenvalue weighted by molar-refractivity contribution is 5.94. The molecular weight excluding hydrogens is 190 g/mol. The largest absolute Gasteiger partial charge is 0.358 e. The van der Waals surface area contributed by atoms with E-state index in [-0.39, 0.29) is 11.6 Å². The van der Waals surface area contributed by atoms with Crippen LogP contribution in [0.1, 0.15) is 43.7 Å². The molecule has 1 N–H and O–H groups in total. The Morgan fingerprint density at radius 1 is 1.27 bits per heavy atom. The van der Waals surface area contributed by atoms with Crippen LogP contribution in [0.3, 0.4) is 0 Å². The predicted molar refractivity (Wildman–Crippen MR) is 61.9 cm³/mol. The highest BCUT2D eigenvalue weighted by Gasteiger charge is 2.00. The summed E-state index contributed by atoms with van der Waals surface area (Å²) < 4.78 is 0. The van der Waals surface area contributed by atoms with Gasteiger partial charge in [-0.15, -0.1) is 0 Å². The molecule has 0 saturated heterocycles. The van der Waals surface area contributed by atoms with E-state index in [9.17, 15) is 9.59 Å². The fourth-order valence-electron chi connectivity index (χ4n) is 0.924. The van der Waals surface area contributed by atoms with E-state index >= 15 is 0 Å². The summed E-state index contributed by atoms with van der Waals surface area (Å²) in [5.41, 5.74) is 1.39. The molecule has 1 aromatic heterocycles. The molecular formula is C12H17NO2. The third kappa shape index (κ3) is 4.96. The molecule has 0 unspecified atom stereocenters. The van der Waals surface area contributed by atoms with Crippen LogP contribution >= 0.6 is 0 Å². The van der Waals surface area contributed by atoms with Gasteiger partial charge in [-0.1, -0.05) is 13.8 Å². The van der Waals surface area contributed by atoms with Crippen LogP contribution in [-0.4, -0.2) is 16.6 Å². The lowest BCUT2D eigenvalue weighted by Gasteiger charge is -1.83. The van der Waals surface area contributed by atoms with Crippen molar-refractivity contribution in [3.63, 3.8) is 0 Å². The van der Waals surface area contributed by atoms with Crippen molar-refractivity contribution in [1.29, 1.82) is 0 Å². The quantitative estimate of drug-likeness (QED) is 0.612. The van der Waals surface area contributed by atoms with Crippen molar-refractivity contribution in [2.24, 2.45) is 0 Å². The smallest absolute Gasteiger partial charge is 0.175 e. The topological polar surface area (TPSA) is 49.9 Å². The molecule has 0 bridgehead atoms. The minimum absolute atomic E-state index is 0.00873. The summed E-state index contributed by atoms with van der Waals surface area (Å²) in [4.78, 5) is 24.3. The number of Topliss-reactive ketones (excluding diaryl/α,β-unsaturated/α-hetero) is 1. The minimum atomic E-state index is -0.0116. The predicted octanol–water partition coefficient (Wildman–Crippen LogP) is 2.85. The Morgan fingerprint density at radius 2 is 1.87 bits per heavy atom. The summed E-state index contributed by atoms with van der Waals surface area (Å²) in [5, 5.41) is 0. The van der Waals surface area contributed by atoms with Gasteiger partial charge in [-0.2, -0.15) is 0 Å². The average Bonchev–Trinajstić information content (AvgIpc) is 2.66. The molecule has 0 aliphatic heterocycles. The average molecular weight is 207 g/mol. The lowest BCUT2D eigenvalue weighted by Crippen LogP contribution is -1.89. The van der Waals surface area contributed by atoms with Crippen LogP contribution in [-0.2, 0) is 4.79 Å². The number of nitrogens with one attached hydrogen (secondary N) is 1. The van der Waals surface area contributed by atoms with Gasteiger partial charge >= 0.3 is 0 Å². The Kier molecular flexibility index (Phi) is 6.02. The number of ketones is 2. The number of carbonyl (C=O) groups excluding carboxylic acids is 2. The number of allylic oxidation sites excluding steroid dienone is 1. The standard InChI is InChI=1S/C10H11NO2.C2H6/c1-7(12)3-4-9-5-10(8(2)13)11-6-9;1-2/h3-6,11H,1-2H3;1-2H3/b4-3+;. The molecule has 0 atom stereocenters. The number of aromatic nitrogens is 1. The Balaban J connectivity index is 0.000000921. The van der Waals surface area contributed by atoms with Crippen molar-refractivity contribution >= 4 is 17.6 Å². The number of hydrogen-bond acceptors (Lipinski definition) is 2. The number of rotatable bonds is 3. The second-order valence-corrected chi connectivity index (χ2v) is 2.85. The molecule has 15 heavy (non-hydrogen) atoms. The van der Waals surface area contributed by atoms with Crippen LogP contribution in [0, 0.1) is 0 Å². The van der Waals surface area contributed by atoms with Gasteiger partial charge < -0.3 is 4.98 Å². The van der Waals surface area contributed by atoms with Crippen LogP contribution in [0.5, 0.6) is 0 Å². The highest BCUT2D eigenvalue weighted by atomic mass is 16.1. The van der Waals surface area contributed by atoms with Gasteiger partial charge in [0.2, 0.25) is 0 Å². The molecule has 1 heterocycles. The lowest BCUT2D eigenvalue weighted by atomic mass is 10.2. The lowest BCUT2D eigenvalue weighted by molar-refractivity contribution is -0.112. The molecule has 0 fully saturated rings. The van der Waals surface area contributed by atoms with E-state index in [4.69, 9.17) is 0 Å². The van der Waals surface area contributed by atoms with Crippen LogP contribution in [0.25, 0.3) is 6.08 Å². The van der Waals surface area contributed by atoms with Gasteiger partial charge in [-0.05, 0) is 30.7 Å². The molecule has 3 heteroatoms. The van der Waals surface area contributed by atoms with Crippen molar-refractivity contribution < 1.29 is 9.59 Å². The summed E-state index contributed by atoms with van der Waals surface area (Å²) in [5.74, 6) is -0.0203. The van der Waals surface area contributed by atoms with Gasteiger partial charge in [-0.25, -0.2) is 0 Å². The number of hydrogen-bond donors (Lipinski definition) is 1. The first kappa shape index (κ1) is 13.4. The first-order chi connectivity index (χ1) is 7.09. The zero-order chi connectivity index (χ0) is 11.8. The second kappa shape index (κ2) is 6.76. The maximum absolute atomic E-state index is 10.9. The first-order valence-electron chi connectivity index (χ1n) is 4.97. The molecule has 0 aromatic carbocycles. The van der Waals surface area contributed by atoms with E-state index in [2.05, 4.69) is 4.98 Å². The van der Waals surface area contributed by atoms with E-state index in [0.29, 0.717) is 5.69 Å². The second-order valence-electron chi connectivity index (χ2n) is 2.85. The fourth-order valence-corrected chi connectivity index (χ4v) is 0.924. The van der Waals surface area contributed by atoms with E-state index in [1.54, 1.807) is 18.3 Å². The Labute approximate surface area is 90.2 Å². The van der Waals surface area contributed by atoms with E-state index in [1.165, 1.54) is 19.9 Å². The molecule has 0 saturated carbocycles. The molecule has 1 rings (SSSR count). The minimum Gasteiger partial charge on any atom is -0.358 e. The van der Waals surface area contributed by atoms with Crippen molar-refractivity contribution in [1.82, 2.24) is 4.98 Å². The Bertz CT molecular complexity index is 361. The molecule has 3 nitrogen and oxygen atoms in total.